The van der Waals surface area contributed by atoms with Crippen LogP contribution in [0.3, 0.4) is 0 Å². The van der Waals surface area contributed by atoms with Crippen molar-refractivity contribution in [2.75, 3.05) is 14.1 Å². The van der Waals surface area contributed by atoms with Crippen LogP contribution in [0.2, 0.25) is 0 Å². The van der Waals surface area contributed by atoms with E-state index in [1.807, 2.05) is 33.3 Å². The Labute approximate surface area is 56.9 Å². The van der Waals surface area contributed by atoms with Crippen LogP contribution in [0, 0.1) is 5.92 Å². The second-order valence-electron chi connectivity index (χ2n) is 2.21. The maximum atomic E-state index is 4.03. The van der Waals surface area contributed by atoms with Gasteiger partial charge in [0.1, 0.15) is 0 Å². The molecule has 1 atom stereocenters. The lowest BCUT2D eigenvalue weighted by Crippen LogP contribution is -2.03. The van der Waals surface area contributed by atoms with Crippen molar-refractivity contribution >= 4 is 6.21 Å². The minimum atomic E-state index is 0.368. The summed E-state index contributed by atoms with van der Waals surface area (Å²) in [4.78, 5) is 0. The lowest BCUT2D eigenvalue weighted by atomic mass is 10.2. The molecule has 0 fully saturated rings. The molecule has 0 aromatic carbocycles. The number of rotatable bonds is 3. The molecule has 0 saturated heterocycles. The minimum Gasteiger partial charge on any atom is -0.303 e. The zero-order valence-electron chi connectivity index (χ0n) is 6.33. The van der Waals surface area contributed by atoms with Crippen LogP contribution in [-0.2, 0) is 0 Å². The molecule has 0 bridgehead atoms. The summed E-state index contributed by atoms with van der Waals surface area (Å²) < 4.78 is 0. The highest BCUT2D eigenvalue weighted by molar-refractivity contribution is 5.61. The van der Waals surface area contributed by atoms with E-state index in [0.717, 1.165) is 0 Å². The van der Waals surface area contributed by atoms with Gasteiger partial charge in [-0.3, -0.25) is 0 Å². The molecule has 0 aromatic rings. The highest BCUT2D eigenvalue weighted by Gasteiger charge is 1.86. The predicted molar refractivity (Wildman–Crippen MR) is 41.5 cm³/mol. The summed E-state index contributed by atoms with van der Waals surface area (Å²) in [5, 5.41) is 5.80. The first kappa shape index (κ1) is 8.21. The number of hydrogen-bond acceptors (Lipinski definition) is 2. The molecule has 0 heterocycles. The van der Waals surface area contributed by atoms with Crippen molar-refractivity contribution in [3.05, 3.63) is 12.7 Å². The van der Waals surface area contributed by atoms with E-state index in [4.69, 9.17) is 0 Å². The summed E-state index contributed by atoms with van der Waals surface area (Å²) in [6.45, 7) is 5.67. The fourth-order valence-electron chi connectivity index (χ4n) is 0.299. The van der Waals surface area contributed by atoms with E-state index >= 15 is 0 Å². The molecule has 0 saturated carbocycles. The fourth-order valence-corrected chi connectivity index (χ4v) is 0.299. The van der Waals surface area contributed by atoms with Crippen molar-refractivity contribution in [3.63, 3.8) is 0 Å². The van der Waals surface area contributed by atoms with Crippen molar-refractivity contribution < 1.29 is 0 Å². The van der Waals surface area contributed by atoms with Crippen molar-refractivity contribution in [1.82, 2.24) is 5.01 Å². The second kappa shape index (κ2) is 4.13. The Morgan fingerprint density at radius 1 is 1.56 bits per heavy atom. The minimum absolute atomic E-state index is 0.368. The monoisotopic (exact) mass is 126 g/mol. The Morgan fingerprint density at radius 2 is 2.11 bits per heavy atom. The largest absolute Gasteiger partial charge is 0.303 e. The van der Waals surface area contributed by atoms with Crippen molar-refractivity contribution in [2.24, 2.45) is 11.0 Å². The van der Waals surface area contributed by atoms with Gasteiger partial charge in [-0.2, -0.15) is 5.10 Å². The summed E-state index contributed by atoms with van der Waals surface area (Å²) in [6, 6.07) is 0. The Balaban J connectivity index is 3.56. The van der Waals surface area contributed by atoms with Crippen molar-refractivity contribution in [1.29, 1.82) is 0 Å². The van der Waals surface area contributed by atoms with Crippen LogP contribution in [0.5, 0.6) is 0 Å². The van der Waals surface area contributed by atoms with E-state index in [1.165, 1.54) is 0 Å². The molecule has 0 aliphatic heterocycles. The highest BCUT2D eigenvalue weighted by atomic mass is 15.4. The number of hydrogen-bond donors (Lipinski definition) is 0. The summed E-state index contributed by atoms with van der Waals surface area (Å²) >= 11 is 0. The molecule has 0 spiro atoms. The van der Waals surface area contributed by atoms with Gasteiger partial charge in [-0.15, -0.1) is 6.58 Å². The van der Waals surface area contributed by atoms with Gasteiger partial charge in [-0.05, 0) is 0 Å². The van der Waals surface area contributed by atoms with E-state index in [1.54, 1.807) is 5.01 Å². The van der Waals surface area contributed by atoms with E-state index in [2.05, 4.69) is 11.7 Å². The van der Waals surface area contributed by atoms with Gasteiger partial charge in [-0.1, -0.05) is 13.0 Å². The van der Waals surface area contributed by atoms with Crippen LogP contribution < -0.4 is 0 Å². The lowest BCUT2D eigenvalue weighted by molar-refractivity contribution is 0.438. The summed E-state index contributed by atoms with van der Waals surface area (Å²) in [6.07, 6.45) is 3.71. The summed E-state index contributed by atoms with van der Waals surface area (Å²) in [5.74, 6) is 0.368. The standard InChI is InChI=1S/C7H14N2/c1-5-7(2)6-8-9(3)4/h5-7H,1H2,2-4H3/b8-6+. The summed E-state index contributed by atoms with van der Waals surface area (Å²) in [5.41, 5.74) is 0. The molecule has 1 unspecified atom stereocenters. The predicted octanol–water partition coefficient (Wildman–Crippen LogP) is 1.36. The molecule has 0 amide bonds. The van der Waals surface area contributed by atoms with Gasteiger partial charge in [0.05, 0.1) is 0 Å². The van der Waals surface area contributed by atoms with Crippen LogP contribution in [0.25, 0.3) is 0 Å². The summed E-state index contributed by atoms with van der Waals surface area (Å²) in [7, 11) is 3.79. The SMILES string of the molecule is C=CC(C)/C=N/N(C)C. The van der Waals surface area contributed by atoms with Gasteiger partial charge in [0.2, 0.25) is 0 Å². The molecule has 52 valence electrons. The van der Waals surface area contributed by atoms with Crippen LogP contribution >= 0.6 is 0 Å². The van der Waals surface area contributed by atoms with Crippen molar-refractivity contribution in [3.8, 4) is 0 Å². The lowest BCUT2D eigenvalue weighted by Gasteiger charge is -2.03. The van der Waals surface area contributed by atoms with Gasteiger partial charge in [0.15, 0.2) is 0 Å². The maximum Gasteiger partial charge on any atom is 0.0310 e. The quantitative estimate of drug-likeness (QED) is 0.316. The topological polar surface area (TPSA) is 15.6 Å². The molecule has 9 heavy (non-hydrogen) atoms. The van der Waals surface area contributed by atoms with Gasteiger partial charge < -0.3 is 5.01 Å². The molecular formula is C7H14N2. The number of nitrogens with zero attached hydrogens (tertiary/aromatic N) is 2. The van der Waals surface area contributed by atoms with Crippen LogP contribution in [0.4, 0.5) is 0 Å². The molecule has 0 aliphatic carbocycles. The van der Waals surface area contributed by atoms with Crippen LogP contribution in [0.15, 0.2) is 17.8 Å². The molecule has 0 radical (unpaired) electrons. The van der Waals surface area contributed by atoms with Gasteiger partial charge in [0, 0.05) is 26.2 Å². The van der Waals surface area contributed by atoms with E-state index < -0.39 is 0 Å². The Bertz CT molecular complexity index is 105. The normalized spacial score (nSPS) is 13.7. The first-order valence-electron chi connectivity index (χ1n) is 3.00. The average Bonchev–Trinajstić information content (AvgIpc) is 1.83. The van der Waals surface area contributed by atoms with Crippen LogP contribution in [0.1, 0.15) is 6.92 Å². The third kappa shape index (κ3) is 5.07. The molecule has 0 N–H and O–H groups in total. The first-order valence-corrected chi connectivity index (χ1v) is 3.00. The average molecular weight is 126 g/mol. The zero-order valence-corrected chi connectivity index (χ0v) is 6.33. The molecule has 2 heteroatoms. The smallest absolute Gasteiger partial charge is 0.0310 e. The Kier molecular flexibility index (Phi) is 3.76. The second-order valence-corrected chi connectivity index (χ2v) is 2.21. The van der Waals surface area contributed by atoms with Crippen LogP contribution in [-0.4, -0.2) is 25.3 Å². The molecular weight excluding hydrogens is 112 g/mol. The molecule has 0 rings (SSSR count). The Hall–Kier alpha value is -0.790. The zero-order chi connectivity index (χ0) is 7.28. The van der Waals surface area contributed by atoms with Gasteiger partial charge in [-0.25, -0.2) is 0 Å². The third-order valence-corrected chi connectivity index (χ3v) is 0.905. The van der Waals surface area contributed by atoms with E-state index in [9.17, 15) is 0 Å². The third-order valence-electron chi connectivity index (χ3n) is 0.905. The number of hydrazone groups is 1. The van der Waals surface area contributed by atoms with E-state index in [0.29, 0.717) is 5.92 Å². The fraction of sp³-hybridized carbons (Fsp3) is 0.571. The van der Waals surface area contributed by atoms with Crippen molar-refractivity contribution in [2.45, 2.75) is 6.92 Å². The molecule has 0 aromatic heterocycles. The maximum absolute atomic E-state index is 4.03. The highest BCUT2D eigenvalue weighted by Crippen LogP contribution is 1.89. The molecule has 2 nitrogen and oxygen atoms in total. The molecule has 0 aliphatic rings. The van der Waals surface area contributed by atoms with Gasteiger partial charge >= 0.3 is 0 Å². The number of allylic oxidation sites excluding steroid dienone is 1. The first-order chi connectivity index (χ1) is 4.16. The Morgan fingerprint density at radius 3 is 2.44 bits per heavy atom. The van der Waals surface area contributed by atoms with E-state index in [-0.39, 0.29) is 0 Å². The van der Waals surface area contributed by atoms with Gasteiger partial charge in [0.25, 0.3) is 0 Å².